The summed E-state index contributed by atoms with van der Waals surface area (Å²) in [5.74, 6) is 0.815. The fourth-order valence-corrected chi connectivity index (χ4v) is 5.40. The molecule has 2 aromatic rings. The number of carbonyl (C=O) groups is 2. The van der Waals surface area contributed by atoms with E-state index in [2.05, 4.69) is 6.07 Å². The molecular weight excluding hydrogens is 346 g/mol. The Morgan fingerprint density at radius 3 is 2.88 bits per heavy atom. The van der Waals surface area contributed by atoms with Crippen molar-refractivity contribution in [2.75, 3.05) is 19.6 Å². The van der Waals surface area contributed by atoms with Gasteiger partial charge >= 0.3 is 0 Å². The van der Waals surface area contributed by atoms with Crippen molar-refractivity contribution in [3.05, 3.63) is 29.3 Å². The lowest BCUT2D eigenvalue weighted by atomic mass is 10.1. The minimum absolute atomic E-state index is 0.0764. The molecule has 0 N–H and O–H groups in total. The smallest absolute Gasteiger partial charge is 0.228 e. The second-order valence-corrected chi connectivity index (χ2v) is 8.91. The topological polar surface area (TPSA) is 53.5 Å². The largest absolute Gasteiger partial charge is 0.342 e. The first kappa shape index (κ1) is 16.2. The van der Waals surface area contributed by atoms with E-state index in [1.165, 1.54) is 17.5 Å². The van der Waals surface area contributed by atoms with Gasteiger partial charge in [0, 0.05) is 26.1 Å². The highest BCUT2D eigenvalue weighted by Gasteiger charge is 2.42. The number of benzene rings is 1. The highest BCUT2D eigenvalue weighted by Crippen LogP contribution is 2.38. The van der Waals surface area contributed by atoms with E-state index in [9.17, 15) is 9.59 Å². The van der Waals surface area contributed by atoms with Crippen molar-refractivity contribution in [2.24, 2.45) is 11.8 Å². The monoisotopic (exact) mass is 369 g/mol. The Labute approximate surface area is 157 Å². The maximum atomic E-state index is 13.2. The van der Waals surface area contributed by atoms with E-state index >= 15 is 0 Å². The Hall–Kier alpha value is -1.95. The lowest BCUT2D eigenvalue weighted by Crippen LogP contribution is -2.37. The van der Waals surface area contributed by atoms with Crippen LogP contribution in [0.3, 0.4) is 0 Å². The Morgan fingerprint density at radius 2 is 2.08 bits per heavy atom. The maximum absolute atomic E-state index is 13.2. The van der Waals surface area contributed by atoms with Gasteiger partial charge in [-0.05, 0) is 43.7 Å². The SMILES string of the molecule is O=C1C[C@@H](C(=O)N2CCC[C@H]2c2nc3ccccc3s2)CN1CC1CC1. The molecule has 0 radical (unpaired) electrons. The number of aromatic nitrogens is 1. The van der Waals surface area contributed by atoms with Crippen LogP contribution in [0.2, 0.25) is 0 Å². The predicted octanol–water partition coefficient (Wildman–Crippen LogP) is 3.22. The van der Waals surface area contributed by atoms with Gasteiger partial charge in [0.25, 0.3) is 0 Å². The normalized spacial score (nSPS) is 26.2. The highest BCUT2D eigenvalue weighted by molar-refractivity contribution is 7.18. The maximum Gasteiger partial charge on any atom is 0.228 e. The molecule has 0 unspecified atom stereocenters. The fourth-order valence-electron chi connectivity index (χ4n) is 4.28. The molecule has 0 spiro atoms. The van der Waals surface area contributed by atoms with Crippen LogP contribution in [0.4, 0.5) is 0 Å². The van der Waals surface area contributed by atoms with Crippen molar-refractivity contribution in [3.8, 4) is 0 Å². The quantitative estimate of drug-likeness (QED) is 0.831. The Bertz CT molecular complexity index is 827. The summed E-state index contributed by atoms with van der Waals surface area (Å²) in [4.78, 5) is 34.1. The molecular formula is C20H23N3O2S. The third kappa shape index (κ3) is 2.90. The van der Waals surface area contributed by atoms with E-state index in [0.29, 0.717) is 18.9 Å². The molecule has 3 heterocycles. The number of hydrogen-bond acceptors (Lipinski definition) is 4. The third-order valence-corrected chi connectivity index (χ3v) is 7.01. The number of rotatable bonds is 4. The molecule has 3 fully saturated rings. The molecule has 136 valence electrons. The molecule has 5 rings (SSSR count). The van der Waals surface area contributed by atoms with Crippen LogP contribution in [0.25, 0.3) is 10.2 Å². The number of carbonyl (C=O) groups excluding carboxylic acids is 2. The minimum atomic E-state index is -0.170. The summed E-state index contributed by atoms with van der Waals surface area (Å²) in [6, 6.07) is 8.22. The number of amides is 2. The van der Waals surface area contributed by atoms with Crippen molar-refractivity contribution in [2.45, 2.75) is 38.1 Å². The zero-order valence-electron chi connectivity index (χ0n) is 14.8. The Morgan fingerprint density at radius 1 is 1.23 bits per heavy atom. The van der Waals surface area contributed by atoms with Crippen molar-refractivity contribution < 1.29 is 9.59 Å². The summed E-state index contributed by atoms with van der Waals surface area (Å²) >= 11 is 1.69. The lowest BCUT2D eigenvalue weighted by Gasteiger charge is -2.26. The van der Waals surface area contributed by atoms with Gasteiger partial charge in [-0.15, -0.1) is 11.3 Å². The van der Waals surface area contributed by atoms with Gasteiger partial charge in [-0.2, -0.15) is 0 Å². The molecule has 26 heavy (non-hydrogen) atoms. The summed E-state index contributed by atoms with van der Waals surface area (Å²) in [6.45, 7) is 2.24. The standard InChI is InChI=1S/C20H23N3O2S/c24-18-10-14(12-22(18)11-13-7-8-13)20(25)23-9-3-5-16(23)19-21-15-4-1-2-6-17(15)26-19/h1-2,4,6,13-14,16H,3,5,7-12H2/t14-,16+/m1/s1. The fraction of sp³-hybridized carbons (Fsp3) is 0.550. The average molecular weight is 369 g/mol. The van der Waals surface area contributed by atoms with E-state index in [1.54, 1.807) is 11.3 Å². The molecule has 1 saturated carbocycles. The molecule has 1 aliphatic carbocycles. The van der Waals surface area contributed by atoms with Gasteiger partial charge in [0.1, 0.15) is 5.01 Å². The van der Waals surface area contributed by atoms with Gasteiger partial charge in [0.2, 0.25) is 11.8 Å². The van der Waals surface area contributed by atoms with Gasteiger partial charge in [-0.3, -0.25) is 9.59 Å². The first-order valence-corrected chi connectivity index (χ1v) is 10.4. The van der Waals surface area contributed by atoms with Crippen LogP contribution in [0.5, 0.6) is 0 Å². The molecule has 2 aliphatic heterocycles. The second kappa shape index (κ2) is 6.34. The van der Waals surface area contributed by atoms with Gasteiger partial charge in [-0.25, -0.2) is 4.98 Å². The van der Waals surface area contributed by atoms with E-state index in [0.717, 1.165) is 36.5 Å². The average Bonchev–Trinajstić information content (AvgIpc) is 3.05. The van der Waals surface area contributed by atoms with Crippen LogP contribution in [0.1, 0.15) is 43.2 Å². The van der Waals surface area contributed by atoms with Crippen molar-refractivity contribution in [1.29, 1.82) is 0 Å². The van der Waals surface area contributed by atoms with Crippen LogP contribution < -0.4 is 0 Å². The molecule has 1 aromatic heterocycles. The van der Waals surface area contributed by atoms with Crippen LogP contribution in [-0.2, 0) is 9.59 Å². The van der Waals surface area contributed by atoms with Crippen LogP contribution >= 0.6 is 11.3 Å². The molecule has 2 atom stereocenters. The van der Waals surface area contributed by atoms with Gasteiger partial charge in [-0.1, -0.05) is 12.1 Å². The van der Waals surface area contributed by atoms with Crippen LogP contribution in [-0.4, -0.2) is 46.2 Å². The molecule has 0 bridgehead atoms. The number of thiazole rings is 1. The highest BCUT2D eigenvalue weighted by atomic mass is 32.1. The summed E-state index contributed by atoms with van der Waals surface area (Å²) < 4.78 is 1.17. The number of likely N-dealkylation sites (tertiary alicyclic amines) is 2. The van der Waals surface area contributed by atoms with E-state index < -0.39 is 0 Å². The Kier molecular flexibility index (Phi) is 3.96. The number of hydrogen-bond donors (Lipinski definition) is 0. The molecule has 5 nitrogen and oxygen atoms in total. The Balaban J connectivity index is 1.33. The number of fused-ring (bicyclic) bond motifs is 1. The minimum Gasteiger partial charge on any atom is -0.342 e. The molecule has 2 saturated heterocycles. The zero-order valence-corrected chi connectivity index (χ0v) is 15.6. The summed E-state index contributed by atoms with van der Waals surface area (Å²) in [5.41, 5.74) is 1.01. The van der Waals surface area contributed by atoms with Gasteiger partial charge in [0.15, 0.2) is 0 Å². The summed E-state index contributed by atoms with van der Waals surface area (Å²) in [5, 5.41) is 1.04. The molecule has 1 aromatic carbocycles. The molecule has 6 heteroatoms. The van der Waals surface area contributed by atoms with Crippen molar-refractivity contribution in [1.82, 2.24) is 14.8 Å². The first-order valence-electron chi connectivity index (χ1n) is 9.63. The van der Waals surface area contributed by atoms with Gasteiger partial charge < -0.3 is 9.80 Å². The second-order valence-electron chi connectivity index (χ2n) is 7.85. The number of para-hydroxylation sites is 1. The van der Waals surface area contributed by atoms with Gasteiger partial charge in [0.05, 0.1) is 22.2 Å². The van der Waals surface area contributed by atoms with Crippen LogP contribution in [0, 0.1) is 11.8 Å². The lowest BCUT2D eigenvalue weighted by molar-refractivity contribution is -0.136. The number of nitrogens with zero attached hydrogens (tertiary/aromatic N) is 3. The van der Waals surface area contributed by atoms with E-state index in [-0.39, 0.29) is 23.8 Å². The summed E-state index contributed by atoms with van der Waals surface area (Å²) in [6.07, 6.45) is 4.83. The predicted molar refractivity (Wildman–Crippen MR) is 101 cm³/mol. The molecule has 3 aliphatic rings. The summed E-state index contributed by atoms with van der Waals surface area (Å²) in [7, 11) is 0. The first-order chi connectivity index (χ1) is 12.7. The van der Waals surface area contributed by atoms with Crippen molar-refractivity contribution >= 4 is 33.4 Å². The molecule has 2 amide bonds. The van der Waals surface area contributed by atoms with Crippen molar-refractivity contribution in [3.63, 3.8) is 0 Å². The van der Waals surface area contributed by atoms with E-state index in [1.807, 2.05) is 28.0 Å². The van der Waals surface area contributed by atoms with Crippen LogP contribution in [0.15, 0.2) is 24.3 Å². The van der Waals surface area contributed by atoms with E-state index in [4.69, 9.17) is 4.98 Å². The third-order valence-electron chi connectivity index (χ3n) is 5.87. The zero-order chi connectivity index (χ0) is 17.7.